The number of rotatable bonds is 7. The van der Waals surface area contributed by atoms with Gasteiger partial charge in [-0.15, -0.1) is 0 Å². The standard InChI is InChI=1S/C24H31N3O5SSi/c1-17-5-7-19(8-6-17)33(28,29)27-20-13-18-9-10-26(16-30-11-12-34(2,3)4)23(18)25-24(20)32-22-15-31-14-21(22)27/h5-10,13,21-22H,11-12,14-16H2,1-4H3/t21?,22-/m1/s1. The van der Waals surface area contributed by atoms with Crippen LogP contribution in [0.25, 0.3) is 11.0 Å². The van der Waals surface area contributed by atoms with E-state index in [0.29, 0.717) is 37.2 Å². The molecular weight excluding hydrogens is 470 g/mol. The number of aryl methyl sites for hydroxylation is 1. The maximum absolute atomic E-state index is 13.8. The van der Waals surface area contributed by atoms with Crippen molar-refractivity contribution in [1.82, 2.24) is 9.55 Å². The number of ether oxygens (including phenoxy) is 3. The number of sulfonamides is 1. The summed E-state index contributed by atoms with van der Waals surface area (Å²) >= 11 is 0. The molecule has 0 radical (unpaired) electrons. The molecule has 2 atom stereocenters. The molecular formula is C24H31N3O5SSi. The molecule has 0 aliphatic carbocycles. The molecule has 182 valence electrons. The topological polar surface area (TPSA) is 82.9 Å². The van der Waals surface area contributed by atoms with E-state index in [4.69, 9.17) is 19.2 Å². The minimum absolute atomic E-state index is 0.241. The molecule has 5 rings (SSSR count). The number of pyridine rings is 1. The van der Waals surface area contributed by atoms with Crippen LogP contribution in [0.3, 0.4) is 0 Å². The summed E-state index contributed by atoms with van der Waals surface area (Å²) in [6.07, 6.45) is 1.51. The minimum Gasteiger partial charge on any atom is -0.468 e. The quantitative estimate of drug-likeness (QED) is 0.359. The summed E-state index contributed by atoms with van der Waals surface area (Å²) in [5, 5.41) is 0.831. The molecule has 0 spiro atoms. The first-order chi connectivity index (χ1) is 16.1. The Morgan fingerprint density at radius 2 is 1.91 bits per heavy atom. The molecule has 10 heteroatoms. The fraction of sp³-hybridized carbons (Fsp3) is 0.458. The van der Waals surface area contributed by atoms with Gasteiger partial charge in [0.15, 0.2) is 0 Å². The van der Waals surface area contributed by atoms with Crippen molar-refractivity contribution in [3.8, 4) is 5.88 Å². The lowest BCUT2D eigenvalue weighted by Gasteiger charge is -2.37. The number of hydrogen-bond acceptors (Lipinski definition) is 6. The van der Waals surface area contributed by atoms with Gasteiger partial charge in [0, 0.05) is 26.3 Å². The van der Waals surface area contributed by atoms with Gasteiger partial charge in [-0.2, -0.15) is 4.98 Å². The molecule has 2 aliphatic rings. The zero-order chi connectivity index (χ0) is 24.1. The van der Waals surface area contributed by atoms with E-state index >= 15 is 0 Å². The highest BCUT2D eigenvalue weighted by Crippen LogP contribution is 2.42. The van der Waals surface area contributed by atoms with Gasteiger partial charge in [-0.05, 0) is 37.2 Å². The third-order valence-corrected chi connectivity index (χ3v) is 9.85. The molecule has 4 heterocycles. The highest BCUT2D eigenvalue weighted by atomic mass is 32.2. The Labute approximate surface area is 201 Å². The van der Waals surface area contributed by atoms with Gasteiger partial charge >= 0.3 is 0 Å². The van der Waals surface area contributed by atoms with Crippen molar-refractivity contribution in [2.24, 2.45) is 0 Å². The molecule has 0 bridgehead atoms. The second-order valence-corrected chi connectivity index (χ2v) is 17.7. The first-order valence-electron chi connectivity index (χ1n) is 11.6. The van der Waals surface area contributed by atoms with Gasteiger partial charge in [0.05, 0.1) is 18.1 Å². The molecule has 2 aliphatic heterocycles. The lowest BCUT2D eigenvalue weighted by molar-refractivity contribution is 0.0896. The molecule has 34 heavy (non-hydrogen) atoms. The highest BCUT2D eigenvalue weighted by Gasteiger charge is 2.47. The summed E-state index contributed by atoms with van der Waals surface area (Å²) in [6.45, 7) is 10.6. The average molecular weight is 502 g/mol. The molecule has 8 nitrogen and oxygen atoms in total. The largest absolute Gasteiger partial charge is 0.468 e. The van der Waals surface area contributed by atoms with Crippen LogP contribution in [0, 0.1) is 6.92 Å². The Hall–Kier alpha value is -2.40. The number of fused-ring (bicyclic) bond motifs is 3. The number of anilines is 1. The van der Waals surface area contributed by atoms with Crippen LogP contribution in [-0.2, 0) is 26.2 Å². The van der Waals surface area contributed by atoms with Gasteiger partial charge in [0.1, 0.15) is 30.2 Å². The molecule has 0 amide bonds. The molecule has 1 fully saturated rings. The van der Waals surface area contributed by atoms with Crippen molar-refractivity contribution >= 4 is 34.8 Å². The monoisotopic (exact) mass is 501 g/mol. The van der Waals surface area contributed by atoms with E-state index in [0.717, 1.165) is 17.0 Å². The average Bonchev–Trinajstić information content (AvgIpc) is 3.39. The summed E-state index contributed by atoms with van der Waals surface area (Å²) in [5.74, 6) is 0.303. The van der Waals surface area contributed by atoms with E-state index < -0.39 is 30.2 Å². The molecule has 1 saturated heterocycles. The van der Waals surface area contributed by atoms with Crippen LogP contribution in [-0.4, -0.2) is 58.0 Å². The minimum atomic E-state index is -3.83. The predicted molar refractivity (Wildman–Crippen MR) is 134 cm³/mol. The maximum Gasteiger partial charge on any atom is 0.264 e. The van der Waals surface area contributed by atoms with Gasteiger partial charge in [-0.3, -0.25) is 4.31 Å². The third kappa shape index (κ3) is 4.35. The summed E-state index contributed by atoms with van der Waals surface area (Å²) in [7, 11) is -5.00. The van der Waals surface area contributed by atoms with E-state index in [1.165, 1.54) is 4.31 Å². The zero-order valence-electron chi connectivity index (χ0n) is 20.0. The van der Waals surface area contributed by atoms with Crippen LogP contribution in [0.2, 0.25) is 25.7 Å². The molecule has 2 aromatic heterocycles. The number of nitrogens with zero attached hydrogens (tertiary/aromatic N) is 3. The third-order valence-electron chi connectivity index (χ3n) is 6.29. The van der Waals surface area contributed by atoms with Crippen molar-refractivity contribution in [1.29, 1.82) is 0 Å². The Morgan fingerprint density at radius 3 is 2.65 bits per heavy atom. The SMILES string of the molecule is Cc1ccc(S(=O)(=O)N2c3cc4ccn(COCC[Si](C)(C)C)c4nc3O[C@@H]3COCC32)cc1. The van der Waals surface area contributed by atoms with Crippen molar-refractivity contribution in [3.05, 3.63) is 48.2 Å². The van der Waals surface area contributed by atoms with Crippen LogP contribution in [0.5, 0.6) is 5.88 Å². The van der Waals surface area contributed by atoms with E-state index in [9.17, 15) is 8.42 Å². The van der Waals surface area contributed by atoms with Crippen molar-refractivity contribution in [2.45, 2.75) is 56.4 Å². The van der Waals surface area contributed by atoms with Gasteiger partial charge in [0.2, 0.25) is 5.88 Å². The smallest absolute Gasteiger partial charge is 0.264 e. The van der Waals surface area contributed by atoms with Gasteiger partial charge in [-0.1, -0.05) is 37.3 Å². The van der Waals surface area contributed by atoms with E-state index in [1.54, 1.807) is 24.3 Å². The Kier molecular flexibility index (Phi) is 5.95. The van der Waals surface area contributed by atoms with Crippen molar-refractivity contribution in [2.75, 3.05) is 24.1 Å². The first kappa shape index (κ1) is 23.3. The molecule has 3 aromatic rings. The normalized spacial score (nSPS) is 20.3. The van der Waals surface area contributed by atoms with Crippen molar-refractivity contribution in [3.63, 3.8) is 0 Å². The summed E-state index contributed by atoms with van der Waals surface area (Å²) < 4.78 is 48.6. The Balaban J connectivity index is 1.50. The Morgan fingerprint density at radius 1 is 1.15 bits per heavy atom. The summed E-state index contributed by atoms with van der Waals surface area (Å²) in [4.78, 5) is 4.98. The van der Waals surface area contributed by atoms with Gasteiger partial charge in [0.25, 0.3) is 10.0 Å². The van der Waals surface area contributed by atoms with E-state index in [-0.39, 0.29) is 11.5 Å². The van der Waals surface area contributed by atoms with Crippen molar-refractivity contribution < 1.29 is 22.6 Å². The molecule has 0 N–H and O–H groups in total. The molecule has 1 unspecified atom stereocenters. The lowest BCUT2D eigenvalue weighted by Crippen LogP contribution is -2.52. The highest BCUT2D eigenvalue weighted by molar-refractivity contribution is 7.92. The maximum atomic E-state index is 13.8. The lowest BCUT2D eigenvalue weighted by atomic mass is 10.1. The predicted octanol–water partition coefficient (Wildman–Crippen LogP) is 4.01. The van der Waals surface area contributed by atoms with E-state index in [1.807, 2.05) is 29.8 Å². The summed E-state index contributed by atoms with van der Waals surface area (Å²) in [5.41, 5.74) is 2.15. The number of aromatic nitrogens is 2. The second kappa shape index (κ2) is 8.67. The Bertz CT molecular complexity index is 1300. The number of benzene rings is 1. The summed E-state index contributed by atoms with van der Waals surface area (Å²) in [6, 6.07) is 11.3. The molecule has 0 saturated carbocycles. The van der Waals surface area contributed by atoms with Crippen LogP contribution in [0.4, 0.5) is 5.69 Å². The van der Waals surface area contributed by atoms with Gasteiger partial charge in [-0.25, -0.2) is 8.42 Å². The van der Waals surface area contributed by atoms with Crippen LogP contribution in [0.15, 0.2) is 47.5 Å². The van der Waals surface area contributed by atoms with Crippen LogP contribution in [0.1, 0.15) is 5.56 Å². The molecule has 1 aromatic carbocycles. The van der Waals surface area contributed by atoms with E-state index in [2.05, 4.69) is 19.6 Å². The van der Waals surface area contributed by atoms with Crippen LogP contribution < -0.4 is 9.04 Å². The first-order valence-corrected chi connectivity index (χ1v) is 16.7. The number of hydrogen-bond donors (Lipinski definition) is 0. The van der Waals surface area contributed by atoms with Gasteiger partial charge < -0.3 is 18.8 Å². The fourth-order valence-corrected chi connectivity index (χ4v) is 6.69. The fourth-order valence-electron chi connectivity index (χ4n) is 4.28. The zero-order valence-corrected chi connectivity index (χ0v) is 21.8. The second-order valence-electron chi connectivity index (χ2n) is 10.2. The van der Waals surface area contributed by atoms with Crippen LogP contribution >= 0.6 is 0 Å².